The maximum atomic E-state index is 10.7. The van der Waals surface area contributed by atoms with E-state index in [1.165, 1.54) is 8.05 Å². The van der Waals surface area contributed by atoms with Crippen molar-refractivity contribution in [3.05, 3.63) is 0 Å². The van der Waals surface area contributed by atoms with Crippen LogP contribution in [0.2, 0.25) is 0 Å². The normalized spacial score (nSPS) is 13.2. The lowest BCUT2D eigenvalue weighted by Crippen LogP contribution is -2.32. The zero-order valence-corrected chi connectivity index (χ0v) is 6.76. The van der Waals surface area contributed by atoms with E-state index >= 15 is 0 Å². The van der Waals surface area contributed by atoms with Gasteiger partial charge in [0.25, 0.3) is 0 Å². The van der Waals surface area contributed by atoms with Crippen LogP contribution in [0.1, 0.15) is 20.3 Å². The van der Waals surface area contributed by atoms with Gasteiger partial charge in [0, 0.05) is 0 Å². The molecule has 0 unspecified atom stereocenters. The third kappa shape index (κ3) is 3.51. The van der Waals surface area contributed by atoms with Gasteiger partial charge >= 0.3 is 14.0 Å². The van der Waals surface area contributed by atoms with Gasteiger partial charge in [-0.15, -0.1) is 0 Å². The molecule has 0 aliphatic carbocycles. The zero-order chi connectivity index (χ0) is 8.15. The van der Waals surface area contributed by atoms with Gasteiger partial charge in [-0.3, -0.25) is 4.79 Å². The minimum atomic E-state index is -0.454. The molecule has 58 valence electrons. The quantitative estimate of drug-likeness (QED) is 0.539. The lowest BCUT2D eigenvalue weighted by Gasteiger charge is -2.11. The maximum absolute atomic E-state index is 10.7. The van der Waals surface area contributed by atoms with Crippen LogP contribution in [0.3, 0.4) is 0 Å². The Kier molecular flexibility index (Phi) is 4.11. The summed E-state index contributed by atoms with van der Waals surface area (Å²) < 4.78 is 4.45. The summed E-state index contributed by atoms with van der Waals surface area (Å²) in [5.74, 6) is 0.114. The number of rotatable bonds is 3. The van der Waals surface area contributed by atoms with Gasteiger partial charge in [0.1, 0.15) is 6.04 Å². The van der Waals surface area contributed by atoms with Gasteiger partial charge in [-0.2, -0.15) is 0 Å². The van der Waals surface area contributed by atoms with Gasteiger partial charge in [-0.25, -0.2) is 0 Å². The van der Waals surface area contributed by atoms with Crippen LogP contribution in [-0.4, -0.2) is 20.1 Å². The number of carbonyl (C=O) groups excluding carboxylic acids is 1. The molecule has 2 N–H and O–H groups in total. The minimum absolute atomic E-state index is 0.325. The summed E-state index contributed by atoms with van der Waals surface area (Å²) in [6.07, 6.45) is 0.687. The highest BCUT2D eigenvalue weighted by molar-refractivity contribution is 6.06. The first kappa shape index (κ1) is 9.49. The fraction of sp³-hybridized carbons (Fsp3) is 0.833. The average molecular weight is 143 g/mol. The largest absolute Gasteiger partial charge is 0.542 e. The standard InChI is InChI=1S/C6H14BNO2/c1-4(2)3-5(8)6(9)10-7/h4-5H,3,7-8H2,1-2H3/t5-/m0/s1. The van der Waals surface area contributed by atoms with Crippen LogP contribution in [-0.2, 0) is 9.45 Å². The third-order valence-electron chi connectivity index (χ3n) is 1.23. The van der Waals surface area contributed by atoms with Crippen LogP contribution < -0.4 is 5.73 Å². The predicted molar refractivity (Wildman–Crippen MR) is 42.1 cm³/mol. The van der Waals surface area contributed by atoms with Crippen molar-refractivity contribution < 1.29 is 9.45 Å². The van der Waals surface area contributed by atoms with Crippen molar-refractivity contribution >= 4 is 14.0 Å². The molecule has 0 heterocycles. The molecule has 0 amide bonds. The number of hydrogen-bond acceptors (Lipinski definition) is 3. The first-order valence-electron chi connectivity index (χ1n) is 3.41. The molecule has 0 aliphatic heterocycles. The molecule has 0 saturated heterocycles. The summed E-state index contributed by atoms with van der Waals surface area (Å²) in [7, 11) is 1.35. The summed E-state index contributed by atoms with van der Waals surface area (Å²) >= 11 is 0. The zero-order valence-electron chi connectivity index (χ0n) is 6.76. The van der Waals surface area contributed by atoms with Gasteiger partial charge in [0.05, 0.1) is 0 Å². The predicted octanol–water partition coefficient (Wildman–Crippen LogP) is -0.549. The second kappa shape index (κ2) is 4.33. The van der Waals surface area contributed by atoms with E-state index in [0.717, 1.165) is 0 Å². The molecule has 4 heteroatoms. The Labute approximate surface area is 62.4 Å². The highest BCUT2D eigenvalue weighted by Crippen LogP contribution is 2.02. The summed E-state index contributed by atoms with van der Waals surface area (Å²) in [5, 5.41) is 0. The molecule has 0 aromatic carbocycles. The minimum Gasteiger partial charge on any atom is -0.542 e. The molecular weight excluding hydrogens is 129 g/mol. The monoisotopic (exact) mass is 143 g/mol. The Balaban J connectivity index is 3.61. The van der Waals surface area contributed by atoms with Gasteiger partial charge in [-0.05, 0) is 12.3 Å². The molecule has 3 nitrogen and oxygen atoms in total. The van der Waals surface area contributed by atoms with Gasteiger partial charge in [0.2, 0.25) is 0 Å². The second-order valence-electron chi connectivity index (χ2n) is 2.76. The molecule has 10 heavy (non-hydrogen) atoms. The molecule has 0 fully saturated rings. The van der Waals surface area contributed by atoms with E-state index in [0.29, 0.717) is 12.3 Å². The molecule has 0 aromatic rings. The number of carbonyl (C=O) groups is 1. The third-order valence-corrected chi connectivity index (χ3v) is 1.23. The first-order chi connectivity index (χ1) is 4.57. The van der Waals surface area contributed by atoms with E-state index in [9.17, 15) is 4.79 Å². The van der Waals surface area contributed by atoms with Crippen LogP contribution in [0, 0.1) is 5.92 Å². The van der Waals surface area contributed by atoms with Crippen molar-refractivity contribution in [3.63, 3.8) is 0 Å². The van der Waals surface area contributed by atoms with Crippen LogP contribution in [0.5, 0.6) is 0 Å². The van der Waals surface area contributed by atoms with E-state index < -0.39 is 6.04 Å². The Hall–Kier alpha value is -0.505. The Morgan fingerprint density at radius 2 is 2.20 bits per heavy atom. The number of hydrogen-bond donors (Lipinski definition) is 1. The lowest BCUT2D eigenvalue weighted by molar-refractivity contribution is -0.135. The van der Waals surface area contributed by atoms with E-state index in [4.69, 9.17) is 5.73 Å². The first-order valence-corrected chi connectivity index (χ1v) is 3.41. The molecule has 0 bridgehead atoms. The van der Waals surface area contributed by atoms with Crippen molar-refractivity contribution in [2.75, 3.05) is 0 Å². The van der Waals surface area contributed by atoms with Gasteiger partial charge < -0.3 is 10.4 Å². The van der Waals surface area contributed by atoms with Crippen molar-refractivity contribution in [1.29, 1.82) is 0 Å². The highest BCUT2D eigenvalue weighted by Gasteiger charge is 2.13. The maximum Gasteiger partial charge on any atom is 0.326 e. The van der Waals surface area contributed by atoms with Crippen molar-refractivity contribution in [1.82, 2.24) is 0 Å². The van der Waals surface area contributed by atoms with E-state index in [1.807, 2.05) is 13.8 Å². The highest BCUT2D eigenvalue weighted by atomic mass is 16.5. The molecule has 0 rings (SSSR count). The molecule has 0 aromatic heterocycles. The Morgan fingerprint density at radius 1 is 1.70 bits per heavy atom. The Morgan fingerprint density at radius 3 is 2.50 bits per heavy atom. The van der Waals surface area contributed by atoms with Crippen LogP contribution in [0.15, 0.2) is 0 Å². The molecular formula is C6H14BNO2. The van der Waals surface area contributed by atoms with Crippen LogP contribution in [0.4, 0.5) is 0 Å². The summed E-state index contributed by atoms with van der Waals surface area (Å²) in [6.45, 7) is 4.03. The topological polar surface area (TPSA) is 52.3 Å². The van der Waals surface area contributed by atoms with Crippen molar-refractivity contribution in [2.45, 2.75) is 26.3 Å². The molecule has 0 aliphatic rings. The molecule has 1 atom stereocenters. The fourth-order valence-electron chi connectivity index (χ4n) is 0.755. The molecule has 0 saturated carbocycles. The molecule has 0 spiro atoms. The van der Waals surface area contributed by atoms with Gasteiger partial charge in [-0.1, -0.05) is 13.8 Å². The summed E-state index contributed by atoms with van der Waals surface area (Å²) in [5.41, 5.74) is 5.45. The van der Waals surface area contributed by atoms with Crippen molar-refractivity contribution in [3.8, 4) is 0 Å². The van der Waals surface area contributed by atoms with E-state index in [-0.39, 0.29) is 5.97 Å². The van der Waals surface area contributed by atoms with E-state index in [2.05, 4.69) is 4.65 Å². The summed E-state index contributed by atoms with van der Waals surface area (Å²) in [6, 6.07) is -0.454. The van der Waals surface area contributed by atoms with Crippen LogP contribution >= 0.6 is 0 Å². The number of nitrogens with two attached hydrogens (primary N) is 1. The summed E-state index contributed by atoms with van der Waals surface area (Å²) in [4.78, 5) is 10.7. The SMILES string of the molecule is BOC(=O)[C@@H](N)CC(C)C. The lowest BCUT2D eigenvalue weighted by atomic mass is 10.0. The van der Waals surface area contributed by atoms with Gasteiger partial charge in [0.15, 0.2) is 0 Å². The van der Waals surface area contributed by atoms with Crippen molar-refractivity contribution in [2.24, 2.45) is 11.7 Å². The van der Waals surface area contributed by atoms with Crippen LogP contribution in [0.25, 0.3) is 0 Å². The van der Waals surface area contributed by atoms with E-state index in [1.54, 1.807) is 0 Å². The Bertz CT molecular complexity index is 116. The smallest absolute Gasteiger partial charge is 0.326 e. The molecule has 0 radical (unpaired) electrons. The average Bonchev–Trinajstić information content (AvgIpc) is 1.85. The fourth-order valence-corrected chi connectivity index (χ4v) is 0.755. The second-order valence-corrected chi connectivity index (χ2v) is 2.76.